The Balaban J connectivity index is 1.67. The third-order valence-electron chi connectivity index (χ3n) is 7.04. The number of aromatic nitrogens is 2. The molecule has 0 saturated carbocycles. The van der Waals surface area contributed by atoms with E-state index in [2.05, 4.69) is 9.56 Å². The second-order valence-corrected chi connectivity index (χ2v) is 11.4. The number of esters is 2. The van der Waals surface area contributed by atoms with Crippen molar-refractivity contribution in [3.8, 4) is 5.69 Å². The number of thiazole rings is 1. The average Bonchev–Trinajstić information content (AvgIpc) is 3.63. The largest absolute Gasteiger partial charge is 0.465 e. The van der Waals surface area contributed by atoms with E-state index in [9.17, 15) is 14.4 Å². The first-order valence-corrected chi connectivity index (χ1v) is 14.5. The van der Waals surface area contributed by atoms with E-state index in [4.69, 9.17) is 9.47 Å². The second kappa shape index (κ2) is 10.9. The smallest absolute Gasteiger partial charge is 0.338 e. The van der Waals surface area contributed by atoms with Gasteiger partial charge in [0.25, 0.3) is 5.56 Å². The number of hydrogen-bond acceptors (Lipinski definition) is 8. The first kappa shape index (κ1) is 27.5. The van der Waals surface area contributed by atoms with Crippen molar-refractivity contribution >= 4 is 40.7 Å². The molecule has 0 bridgehead atoms. The molecule has 1 aromatic carbocycles. The highest BCUT2D eigenvalue weighted by Crippen LogP contribution is 2.33. The van der Waals surface area contributed by atoms with Crippen LogP contribution < -0.4 is 14.9 Å². The summed E-state index contributed by atoms with van der Waals surface area (Å²) in [6, 6.07) is 10.8. The summed E-state index contributed by atoms with van der Waals surface area (Å²) in [6.07, 6.45) is 1.87. The van der Waals surface area contributed by atoms with E-state index in [-0.39, 0.29) is 18.1 Å². The molecular formula is C30H29N3O5S2. The zero-order valence-corrected chi connectivity index (χ0v) is 24.7. The number of rotatable bonds is 6. The van der Waals surface area contributed by atoms with Crippen LogP contribution in [0.25, 0.3) is 11.8 Å². The Kier molecular flexibility index (Phi) is 7.48. The highest BCUT2D eigenvalue weighted by molar-refractivity contribution is 7.10. The van der Waals surface area contributed by atoms with E-state index in [0.29, 0.717) is 26.2 Å². The molecular weight excluding hydrogens is 546 g/mol. The van der Waals surface area contributed by atoms with Gasteiger partial charge in [-0.15, -0.1) is 11.3 Å². The molecule has 206 valence electrons. The molecule has 1 aliphatic rings. The maximum atomic E-state index is 13.9. The zero-order valence-electron chi connectivity index (χ0n) is 23.1. The van der Waals surface area contributed by atoms with Crippen LogP contribution in [0, 0.1) is 20.8 Å². The van der Waals surface area contributed by atoms with Gasteiger partial charge in [0.1, 0.15) is 6.04 Å². The molecule has 0 fully saturated rings. The minimum absolute atomic E-state index is 0.217. The van der Waals surface area contributed by atoms with Gasteiger partial charge in [-0.3, -0.25) is 9.36 Å². The number of benzene rings is 1. The number of hydrogen-bond donors (Lipinski definition) is 0. The van der Waals surface area contributed by atoms with Crippen molar-refractivity contribution in [1.82, 2.24) is 9.13 Å². The maximum absolute atomic E-state index is 13.9. The van der Waals surface area contributed by atoms with Crippen LogP contribution in [0.4, 0.5) is 0 Å². The minimum Gasteiger partial charge on any atom is -0.465 e. The highest BCUT2D eigenvalue weighted by Gasteiger charge is 2.34. The molecule has 0 saturated heterocycles. The lowest BCUT2D eigenvalue weighted by Crippen LogP contribution is -2.39. The molecule has 3 aromatic heterocycles. The average molecular weight is 576 g/mol. The topological polar surface area (TPSA) is 91.9 Å². The van der Waals surface area contributed by atoms with Crippen molar-refractivity contribution in [2.75, 3.05) is 13.7 Å². The number of allylic oxidation sites excluding steroid dienone is 1. The number of carbonyl (C=O) groups is 2. The van der Waals surface area contributed by atoms with Gasteiger partial charge in [-0.05, 0) is 81.5 Å². The molecule has 1 aliphatic heterocycles. The van der Waals surface area contributed by atoms with Crippen molar-refractivity contribution in [1.29, 1.82) is 0 Å². The molecule has 0 unspecified atom stereocenters. The summed E-state index contributed by atoms with van der Waals surface area (Å²) in [4.78, 5) is 45.2. The van der Waals surface area contributed by atoms with Gasteiger partial charge < -0.3 is 14.0 Å². The number of thiophene rings is 1. The summed E-state index contributed by atoms with van der Waals surface area (Å²) in [5.74, 6) is -0.856. The summed E-state index contributed by atoms with van der Waals surface area (Å²) in [5.41, 5.74) is 5.64. The molecule has 10 heteroatoms. The number of fused-ring (bicyclic) bond motifs is 1. The van der Waals surface area contributed by atoms with Gasteiger partial charge in [-0.1, -0.05) is 23.5 Å². The lowest BCUT2D eigenvalue weighted by Gasteiger charge is -2.23. The Morgan fingerprint density at radius 3 is 2.55 bits per heavy atom. The fraction of sp³-hybridized carbons (Fsp3) is 0.267. The summed E-state index contributed by atoms with van der Waals surface area (Å²) in [6.45, 7) is 9.63. The number of ether oxygens (including phenoxy) is 2. The van der Waals surface area contributed by atoms with E-state index in [0.717, 1.165) is 33.1 Å². The van der Waals surface area contributed by atoms with Crippen LogP contribution in [0.3, 0.4) is 0 Å². The summed E-state index contributed by atoms with van der Waals surface area (Å²) >= 11 is 2.78. The quantitative estimate of drug-likeness (QED) is 0.319. The van der Waals surface area contributed by atoms with Crippen LogP contribution in [0.2, 0.25) is 0 Å². The first-order valence-electron chi connectivity index (χ1n) is 12.8. The van der Waals surface area contributed by atoms with Crippen molar-refractivity contribution < 1.29 is 19.1 Å². The standard InChI is InChI=1S/C30H29N3O5S2/c1-7-38-29(36)25-18(4)31-30-33(26(25)23-12-9-13-39-23)27(34)24(40-30)15-20-14-16(2)32(19(20)5)22-11-8-10-21(17(22)3)28(35)37-6/h8-15,26H,7H2,1-6H3/b24-15+/t26-/m1/s1. The molecule has 0 radical (unpaired) electrons. The van der Waals surface area contributed by atoms with Crippen LogP contribution in [-0.4, -0.2) is 34.8 Å². The molecule has 40 heavy (non-hydrogen) atoms. The van der Waals surface area contributed by atoms with Crippen molar-refractivity contribution in [3.63, 3.8) is 0 Å². The van der Waals surface area contributed by atoms with Crippen LogP contribution in [0.5, 0.6) is 0 Å². The number of nitrogens with zero attached hydrogens (tertiary/aromatic N) is 3. The minimum atomic E-state index is -0.603. The maximum Gasteiger partial charge on any atom is 0.338 e. The Morgan fingerprint density at radius 2 is 1.88 bits per heavy atom. The first-order chi connectivity index (χ1) is 19.2. The molecule has 4 aromatic rings. The van der Waals surface area contributed by atoms with Gasteiger partial charge in [0.2, 0.25) is 0 Å². The lowest BCUT2D eigenvalue weighted by atomic mass is 10.0. The van der Waals surface area contributed by atoms with Crippen molar-refractivity contribution in [3.05, 3.63) is 106 Å². The highest BCUT2D eigenvalue weighted by atomic mass is 32.1. The van der Waals surface area contributed by atoms with Gasteiger partial charge in [-0.2, -0.15) is 0 Å². The molecule has 4 heterocycles. The van der Waals surface area contributed by atoms with E-state index < -0.39 is 12.0 Å². The van der Waals surface area contributed by atoms with E-state index in [1.165, 1.54) is 29.8 Å². The van der Waals surface area contributed by atoms with Gasteiger partial charge in [-0.25, -0.2) is 14.6 Å². The van der Waals surface area contributed by atoms with E-state index in [1.54, 1.807) is 24.5 Å². The zero-order chi connectivity index (χ0) is 28.7. The number of aryl methyl sites for hydroxylation is 1. The molecule has 0 amide bonds. The monoisotopic (exact) mass is 575 g/mol. The molecule has 0 N–H and O–H groups in total. The summed E-state index contributed by atoms with van der Waals surface area (Å²) in [7, 11) is 1.37. The fourth-order valence-corrected chi connectivity index (χ4v) is 7.01. The molecule has 5 rings (SSSR count). The molecule has 8 nitrogen and oxygen atoms in total. The lowest BCUT2D eigenvalue weighted by molar-refractivity contribution is -0.139. The number of carbonyl (C=O) groups excluding carboxylic acids is 2. The van der Waals surface area contributed by atoms with Gasteiger partial charge >= 0.3 is 11.9 Å². The van der Waals surface area contributed by atoms with Crippen molar-refractivity contribution in [2.45, 2.75) is 40.7 Å². The third kappa shape index (κ3) is 4.56. The van der Waals surface area contributed by atoms with E-state index >= 15 is 0 Å². The summed E-state index contributed by atoms with van der Waals surface area (Å²) in [5, 5.41) is 1.93. The summed E-state index contributed by atoms with van der Waals surface area (Å²) < 4.78 is 14.5. The van der Waals surface area contributed by atoms with E-state index in [1.807, 2.05) is 62.6 Å². The fourth-order valence-electron chi connectivity index (χ4n) is 5.15. The van der Waals surface area contributed by atoms with Crippen LogP contribution in [0.15, 0.2) is 62.8 Å². The number of methoxy groups -OCH3 is 1. The normalized spacial score (nSPS) is 15.2. The second-order valence-electron chi connectivity index (χ2n) is 9.42. The Hall–Kier alpha value is -4.02. The van der Waals surface area contributed by atoms with Gasteiger partial charge in [0.05, 0.1) is 35.1 Å². The predicted molar refractivity (Wildman–Crippen MR) is 156 cm³/mol. The Labute approximate surface area is 239 Å². The molecule has 0 aliphatic carbocycles. The SMILES string of the molecule is CCOC(=O)C1=C(C)N=c2s/c(=C/c3cc(C)n(-c4cccc(C(=O)OC)c4C)c3C)c(=O)n2[C@@H]1c1cccs1. The van der Waals surface area contributed by atoms with Crippen LogP contribution in [-0.2, 0) is 14.3 Å². The van der Waals surface area contributed by atoms with Gasteiger partial charge in [0.15, 0.2) is 4.80 Å². The van der Waals surface area contributed by atoms with Crippen LogP contribution in [0.1, 0.15) is 57.6 Å². The molecule has 0 spiro atoms. The Morgan fingerprint density at radius 1 is 1.10 bits per heavy atom. The van der Waals surface area contributed by atoms with Gasteiger partial charge in [0, 0.05) is 22.0 Å². The van der Waals surface area contributed by atoms with Crippen LogP contribution >= 0.6 is 22.7 Å². The predicted octanol–water partition coefficient (Wildman–Crippen LogP) is 4.36. The third-order valence-corrected chi connectivity index (χ3v) is 8.95. The molecule has 1 atom stereocenters. The Bertz CT molecular complexity index is 1860. The van der Waals surface area contributed by atoms with Crippen molar-refractivity contribution in [2.24, 2.45) is 4.99 Å².